The summed E-state index contributed by atoms with van der Waals surface area (Å²) in [5, 5.41) is 6.76. The Morgan fingerprint density at radius 2 is 1.83 bits per heavy atom. The Kier molecular flexibility index (Phi) is 5.44. The molecule has 9 nitrogen and oxygen atoms in total. The van der Waals surface area contributed by atoms with E-state index in [4.69, 9.17) is 5.73 Å². The fraction of sp³-hybridized carbons (Fsp3) is 0.350. The maximum Gasteiger partial charge on any atom is 0.261 e. The third kappa shape index (κ3) is 4.29. The lowest BCUT2D eigenvalue weighted by Gasteiger charge is -2.29. The van der Waals surface area contributed by atoms with E-state index in [9.17, 15) is 13.2 Å². The van der Waals surface area contributed by atoms with Crippen molar-refractivity contribution in [1.29, 1.82) is 0 Å². The number of nitrogens with two attached hydrogens (primary N) is 1. The molecule has 3 aromatic rings. The summed E-state index contributed by atoms with van der Waals surface area (Å²) in [5.74, 6) is 0.728. The van der Waals surface area contributed by atoms with E-state index in [1.165, 1.54) is 12.1 Å². The number of benzene rings is 1. The lowest BCUT2D eigenvalue weighted by Crippen LogP contribution is -2.43. The van der Waals surface area contributed by atoms with Crippen LogP contribution in [0.2, 0.25) is 0 Å². The zero-order valence-corrected chi connectivity index (χ0v) is 17.4. The molecule has 1 aliphatic rings. The minimum Gasteiger partial charge on any atom is -0.350 e. The SMILES string of the molecule is CS(=O)(=O)c1ccc(Nc2nc(N[C@H]3CCCC[C@@H]3N)nc3cc[nH]c(=O)c23)cc1. The number of aromatic amines is 1. The number of nitrogens with one attached hydrogen (secondary N) is 3. The van der Waals surface area contributed by atoms with E-state index >= 15 is 0 Å². The summed E-state index contributed by atoms with van der Waals surface area (Å²) in [7, 11) is -3.29. The van der Waals surface area contributed by atoms with Gasteiger partial charge in [-0.1, -0.05) is 12.8 Å². The summed E-state index contributed by atoms with van der Waals surface area (Å²) in [4.78, 5) is 24.3. The highest BCUT2D eigenvalue weighted by atomic mass is 32.2. The van der Waals surface area contributed by atoms with Gasteiger partial charge in [0.1, 0.15) is 11.2 Å². The fourth-order valence-electron chi connectivity index (χ4n) is 3.67. The molecule has 158 valence electrons. The van der Waals surface area contributed by atoms with Gasteiger partial charge < -0.3 is 21.4 Å². The van der Waals surface area contributed by atoms with Crippen LogP contribution in [0, 0.1) is 0 Å². The standard InChI is InChI=1S/C20H24N6O3S/c1-30(28,29)13-8-6-12(7-9-13)23-18-17-16(10-11-22-19(17)27)25-20(26-18)24-15-5-3-2-4-14(15)21/h6-11,14-15H,2-5,21H2,1H3,(H,22,27)(H2,23,24,25,26)/t14-,15-/m0/s1. The van der Waals surface area contributed by atoms with E-state index in [1.807, 2.05) is 0 Å². The molecular formula is C20H24N6O3S. The van der Waals surface area contributed by atoms with Crippen LogP contribution in [-0.4, -0.2) is 41.7 Å². The second-order valence-corrected chi connectivity index (χ2v) is 9.60. The van der Waals surface area contributed by atoms with Crippen molar-refractivity contribution in [3.05, 3.63) is 46.9 Å². The van der Waals surface area contributed by atoms with E-state index in [0.717, 1.165) is 31.9 Å². The zero-order chi connectivity index (χ0) is 21.3. The van der Waals surface area contributed by atoms with Crippen LogP contribution < -0.4 is 21.9 Å². The van der Waals surface area contributed by atoms with Crippen molar-refractivity contribution >= 4 is 38.2 Å². The lowest BCUT2D eigenvalue weighted by atomic mass is 9.91. The molecule has 1 aliphatic carbocycles. The van der Waals surface area contributed by atoms with Gasteiger partial charge in [0.25, 0.3) is 5.56 Å². The van der Waals surface area contributed by atoms with Gasteiger partial charge in [0.05, 0.1) is 10.4 Å². The Morgan fingerprint density at radius 3 is 2.53 bits per heavy atom. The van der Waals surface area contributed by atoms with Crippen LogP contribution in [0.5, 0.6) is 0 Å². The molecule has 5 N–H and O–H groups in total. The van der Waals surface area contributed by atoms with Crippen molar-refractivity contribution in [2.24, 2.45) is 5.73 Å². The molecule has 0 radical (unpaired) electrons. The predicted molar refractivity (Wildman–Crippen MR) is 117 cm³/mol. The van der Waals surface area contributed by atoms with Crippen LogP contribution in [0.15, 0.2) is 46.2 Å². The highest BCUT2D eigenvalue weighted by Crippen LogP contribution is 2.25. The van der Waals surface area contributed by atoms with Crippen molar-refractivity contribution in [3.63, 3.8) is 0 Å². The summed E-state index contributed by atoms with van der Waals surface area (Å²) in [6.45, 7) is 0. The van der Waals surface area contributed by atoms with Gasteiger partial charge in [-0.3, -0.25) is 4.79 Å². The fourth-order valence-corrected chi connectivity index (χ4v) is 4.30. The second-order valence-electron chi connectivity index (χ2n) is 7.58. The number of H-pyrrole nitrogens is 1. The van der Waals surface area contributed by atoms with Gasteiger partial charge in [-0.25, -0.2) is 13.4 Å². The van der Waals surface area contributed by atoms with Crippen LogP contribution >= 0.6 is 0 Å². The second kappa shape index (κ2) is 8.04. The third-order valence-corrected chi connectivity index (χ3v) is 6.43. The van der Waals surface area contributed by atoms with Gasteiger partial charge in [0, 0.05) is 30.2 Å². The van der Waals surface area contributed by atoms with Crippen LogP contribution in [0.4, 0.5) is 17.5 Å². The summed E-state index contributed by atoms with van der Waals surface area (Å²) in [6, 6.07) is 8.08. The number of fused-ring (bicyclic) bond motifs is 1. The van der Waals surface area contributed by atoms with E-state index in [1.54, 1.807) is 24.4 Å². The summed E-state index contributed by atoms with van der Waals surface area (Å²) in [6.07, 6.45) is 6.79. The molecule has 1 aromatic carbocycles. The molecule has 2 aromatic heterocycles. The number of aromatic nitrogens is 3. The van der Waals surface area contributed by atoms with Crippen molar-refractivity contribution < 1.29 is 8.42 Å². The molecule has 1 fully saturated rings. The Labute approximate surface area is 174 Å². The third-order valence-electron chi connectivity index (χ3n) is 5.30. The van der Waals surface area contributed by atoms with E-state index in [2.05, 4.69) is 25.6 Å². The van der Waals surface area contributed by atoms with Crippen molar-refractivity contribution in [1.82, 2.24) is 15.0 Å². The summed E-state index contributed by atoms with van der Waals surface area (Å²) < 4.78 is 23.4. The first kappa shape index (κ1) is 20.3. The predicted octanol–water partition coefficient (Wildman–Crippen LogP) is 2.15. The monoisotopic (exact) mass is 428 g/mol. The topological polar surface area (TPSA) is 143 Å². The molecule has 4 rings (SSSR count). The number of rotatable bonds is 5. The molecule has 0 amide bonds. The van der Waals surface area contributed by atoms with Crippen LogP contribution in [-0.2, 0) is 9.84 Å². The molecule has 0 unspecified atom stereocenters. The molecular weight excluding hydrogens is 404 g/mol. The minimum atomic E-state index is -3.29. The Balaban J connectivity index is 1.71. The van der Waals surface area contributed by atoms with Crippen molar-refractivity contribution in [3.8, 4) is 0 Å². The lowest BCUT2D eigenvalue weighted by molar-refractivity contribution is 0.402. The number of hydrogen-bond donors (Lipinski definition) is 4. The molecule has 0 spiro atoms. The Hall–Kier alpha value is -2.98. The highest BCUT2D eigenvalue weighted by Gasteiger charge is 2.23. The number of anilines is 3. The van der Waals surface area contributed by atoms with E-state index in [-0.39, 0.29) is 22.5 Å². The number of sulfone groups is 1. The Bertz CT molecular complexity index is 1220. The largest absolute Gasteiger partial charge is 0.350 e. The van der Waals surface area contributed by atoms with Gasteiger partial charge in [-0.2, -0.15) is 4.98 Å². The van der Waals surface area contributed by atoms with E-state index in [0.29, 0.717) is 28.4 Å². The maximum absolute atomic E-state index is 12.4. The molecule has 2 heterocycles. The summed E-state index contributed by atoms with van der Waals surface area (Å²) in [5.41, 5.74) is 7.02. The average Bonchev–Trinajstić information content (AvgIpc) is 2.69. The van der Waals surface area contributed by atoms with Gasteiger partial charge in [-0.15, -0.1) is 0 Å². The Morgan fingerprint density at radius 1 is 1.10 bits per heavy atom. The quantitative estimate of drug-likeness (QED) is 0.484. The molecule has 10 heteroatoms. The molecule has 0 saturated heterocycles. The summed E-state index contributed by atoms with van der Waals surface area (Å²) >= 11 is 0. The van der Waals surface area contributed by atoms with Gasteiger partial charge in [0.15, 0.2) is 9.84 Å². The van der Waals surface area contributed by atoms with Crippen LogP contribution in [0.3, 0.4) is 0 Å². The number of nitrogens with zero attached hydrogens (tertiary/aromatic N) is 2. The first-order valence-electron chi connectivity index (χ1n) is 9.80. The molecule has 1 saturated carbocycles. The van der Waals surface area contributed by atoms with Crippen LogP contribution in [0.25, 0.3) is 10.9 Å². The minimum absolute atomic E-state index is 0.0252. The highest BCUT2D eigenvalue weighted by molar-refractivity contribution is 7.90. The van der Waals surface area contributed by atoms with E-state index < -0.39 is 9.84 Å². The van der Waals surface area contributed by atoms with Gasteiger partial charge >= 0.3 is 0 Å². The smallest absolute Gasteiger partial charge is 0.261 e. The average molecular weight is 429 g/mol. The first-order valence-corrected chi connectivity index (χ1v) is 11.7. The van der Waals surface area contributed by atoms with Crippen molar-refractivity contribution in [2.45, 2.75) is 42.7 Å². The number of pyridine rings is 1. The molecule has 0 bridgehead atoms. The normalized spacial score (nSPS) is 19.5. The number of hydrogen-bond acceptors (Lipinski definition) is 8. The van der Waals surface area contributed by atoms with Crippen molar-refractivity contribution in [2.75, 3.05) is 16.9 Å². The molecule has 2 atom stereocenters. The molecule has 0 aliphatic heterocycles. The van der Waals surface area contributed by atoms with Gasteiger partial charge in [-0.05, 0) is 43.2 Å². The zero-order valence-electron chi connectivity index (χ0n) is 16.6. The molecule has 30 heavy (non-hydrogen) atoms. The van der Waals surface area contributed by atoms with Gasteiger partial charge in [0.2, 0.25) is 5.95 Å². The first-order chi connectivity index (χ1) is 14.3. The maximum atomic E-state index is 12.4. The van der Waals surface area contributed by atoms with Crippen LogP contribution in [0.1, 0.15) is 25.7 Å².